The van der Waals surface area contributed by atoms with E-state index in [0.29, 0.717) is 13.2 Å². The van der Waals surface area contributed by atoms with E-state index in [1.165, 1.54) is 37.7 Å². The molecule has 2 rings (SSSR count). The number of β-amino-alcohol motifs (C(OH)–C–C–N with tert-alkyl or cyclic N) is 1. The molecule has 0 spiro atoms. The molecule has 27 heavy (non-hydrogen) atoms. The second-order valence-corrected chi connectivity index (χ2v) is 8.22. The van der Waals surface area contributed by atoms with E-state index in [4.69, 9.17) is 4.74 Å². The largest absolute Gasteiger partial charge is 0.491 e. The monoisotopic (exact) mass is 377 g/mol. The van der Waals surface area contributed by atoms with Gasteiger partial charge in [-0.15, -0.1) is 0 Å². The van der Waals surface area contributed by atoms with Crippen molar-refractivity contribution in [3.05, 3.63) is 29.8 Å². The van der Waals surface area contributed by atoms with Gasteiger partial charge in [-0.1, -0.05) is 25.0 Å². The van der Waals surface area contributed by atoms with Crippen LogP contribution in [0.5, 0.6) is 5.75 Å². The Morgan fingerprint density at radius 1 is 1.07 bits per heavy atom. The quantitative estimate of drug-likeness (QED) is 0.642. The summed E-state index contributed by atoms with van der Waals surface area (Å²) in [6, 6.07) is 8.26. The van der Waals surface area contributed by atoms with Crippen LogP contribution >= 0.6 is 0 Å². The molecule has 0 aromatic heterocycles. The first-order valence-corrected chi connectivity index (χ1v) is 10.5. The van der Waals surface area contributed by atoms with Gasteiger partial charge in [-0.3, -0.25) is 0 Å². The van der Waals surface area contributed by atoms with Crippen molar-refractivity contribution < 1.29 is 9.84 Å². The molecule has 1 atom stereocenters. The van der Waals surface area contributed by atoms with Crippen molar-refractivity contribution in [1.82, 2.24) is 14.7 Å². The lowest BCUT2D eigenvalue weighted by Gasteiger charge is -2.23. The number of nitrogens with zero attached hydrogens (tertiary/aromatic N) is 3. The van der Waals surface area contributed by atoms with Crippen molar-refractivity contribution in [2.45, 2.75) is 44.8 Å². The summed E-state index contributed by atoms with van der Waals surface area (Å²) in [5, 5.41) is 10.3. The Morgan fingerprint density at radius 2 is 1.81 bits per heavy atom. The highest BCUT2D eigenvalue weighted by molar-refractivity contribution is 5.28. The van der Waals surface area contributed by atoms with Gasteiger partial charge in [0.25, 0.3) is 0 Å². The summed E-state index contributed by atoms with van der Waals surface area (Å²) in [5.74, 6) is 0.851. The Morgan fingerprint density at radius 3 is 2.52 bits per heavy atom. The Hall–Kier alpha value is -1.14. The zero-order valence-corrected chi connectivity index (χ0v) is 17.6. The highest BCUT2D eigenvalue weighted by Gasteiger charge is 2.14. The summed E-state index contributed by atoms with van der Waals surface area (Å²) < 4.78 is 5.87. The van der Waals surface area contributed by atoms with Crippen LogP contribution in [0.3, 0.4) is 0 Å². The fourth-order valence-electron chi connectivity index (χ4n) is 3.64. The number of ether oxygens (including phenoxy) is 1. The third kappa shape index (κ3) is 9.56. The first-order valence-electron chi connectivity index (χ1n) is 10.5. The fraction of sp³-hybridized carbons (Fsp3) is 0.727. The van der Waals surface area contributed by atoms with Crippen LogP contribution in [-0.4, -0.2) is 86.4 Å². The van der Waals surface area contributed by atoms with Crippen molar-refractivity contribution in [1.29, 1.82) is 0 Å². The van der Waals surface area contributed by atoms with Crippen LogP contribution in [-0.2, 0) is 6.54 Å². The van der Waals surface area contributed by atoms with Crippen molar-refractivity contribution in [2.24, 2.45) is 0 Å². The molecular formula is C22H39N3O2. The molecule has 0 saturated carbocycles. The molecule has 1 aromatic carbocycles. The molecule has 1 unspecified atom stereocenters. The molecule has 0 bridgehead atoms. The lowest BCUT2D eigenvalue weighted by Crippen LogP contribution is -2.36. The molecule has 5 heteroatoms. The molecule has 154 valence electrons. The van der Waals surface area contributed by atoms with Crippen LogP contribution in [0.25, 0.3) is 0 Å². The molecule has 1 aliphatic rings. The maximum absolute atomic E-state index is 10.3. The van der Waals surface area contributed by atoms with Gasteiger partial charge in [0.2, 0.25) is 0 Å². The van der Waals surface area contributed by atoms with E-state index < -0.39 is 6.10 Å². The van der Waals surface area contributed by atoms with Crippen LogP contribution < -0.4 is 4.74 Å². The number of aliphatic hydroxyl groups excluding tert-OH is 1. The minimum atomic E-state index is -0.430. The average molecular weight is 378 g/mol. The normalized spacial score (nSPS) is 17.3. The van der Waals surface area contributed by atoms with E-state index in [0.717, 1.165) is 38.5 Å². The minimum Gasteiger partial charge on any atom is -0.491 e. The maximum Gasteiger partial charge on any atom is 0.119 e. The summed E-state index contributed by atoms with van der Waals surface area (Å²) in [5.41, 5.74) is 1.25. The van der Waals surface area contributed by atoms with Gasteiger partial charge < -0.3 is 24.5 Å². The number of hydrogen-bond acceptors (Lipinski definition) is 5. The number of aliphatic hydroxyl groups is 1. The van der Waals surface area contributed by atoms with Gasteiger partial charge in [-0.2, -0.15) is 0 Å². The van der Waals surface area contributed by atoms with Crippen molar-refractivity contribution in [2.75, 3.05) is 60.5 Å². The second kappa shape index (κ2) is 12.3. The molecule has 1 heterocycles. The zero-order chi connectivity index (χ0) is 19.5. The van der Waals surface area contributed by atoms with Crippen LogP contribution in [0.4, 0.5) is 0 Å². The van der Waals surface area contributed by atoms with E-state index in [9.17, 15) is 5.11 Å². The van der Waals surface area contributed by atoms with E-state index >= 15 is 0 Å². The highest BCUT2D eigenvalue weighted by atomic mass is 16.5. The van der Waals surface area contributed by atoms with Crippen LogP contribution in [0.15, 0.2) is 24.3 Å². The predicted molar refractivity (Wildman–Crippen MR) is 112 cm³/mol. The SMILES string of the molecule is CN(C)CCCN(C)Cc1cccc(OCC(O)CN2CCCCCC2)c1. The molecule has 1 N–H and O–H groups in total. The van der Waals surface area contributed by atoms with Gasteiger partial charge in [-0.05, 0) is 84.3 Å². The Labute approximate surface area is 165 Å². The summed E-state index contributed by atoms with van der Waals surface area (Å²) in [4.78, 5) is 6.94. The van der Waals surface area contributed by atoms with E-state index in [-0.39, 0.29) is 0 Å². The summed E-state index contributed by atoms with van der Waals surface area (Å²) in [6.07, 6.45) is 5.87. The minimum absolute atomic E-state index is 0.360. The maximum atomic E-state index is 10.3. The molecule has 5 nitrogen and oxygen atoms in total. The van der Waals surface area contributed by atoms with Crippen LogP contribution in [0, 0.1) is 0 Å². The summed E-state index contributed by atoms with van der Waals surface area (Å²) in [7, 11) is 6.39. The lowest BCUT2D eigenvalue weighted by atomic mass is 10.2. The first kappa shape index (κ1) is 22.2. The van der Waals surface area contributed by atoms with Gasteiger partial charge in [0.1, 0.15) is 18.5 Å². The second-order valence-electron chi connectivity index (χ2n) is 8.22. The molecule has 1 saturated heterocycles. The van der Waals surface area contributed by atoms with Crippen molar-refractivity contribution in [3.8, 4) is 5.75 Å². The summed E-state index contributed by atoms with van der Waals surface area (Å²) in [6.45, 7) is 6.40. The zero-order valence-electron chi connectivity index (χ0n) is 17.6. The Balaban J connectivity index is 1.72. The molecule has 1 aromatic rings. The molecule has 0 aliphatic carbocycles. The molecule has 0 amide bonds. The number of rotatable bonds is 11. The lowest BCUT2D eigenvalue weighted by molar-refractivity contribution is 0.0693. The third-order valence-corrected chi connectivity index (χ3v) is 5.11. The molecule has 0 radical (unpaired) electrons. The van der Waals surface area contributed by atoms with Crippen molar-refractivity contribution in [3.63, 3.8) is 0 Å². The van der Waals surface area contributed by atoms with Crippen molar-refractivity contribution >= 4 is 0 Å². The van der Waals surface area contributed by atoms with Crippen LogP contribution in [0.1, 0.15) is 37.7 Å². The van der Waals surface area contributed by atoms with Gasteiger partial charge in [0, 0.05) is 13.1 Å². The van der Waals surface area contributed by atoms with E-state index in [1.54, 1.807) is 0 Å². The number of likely N-dealkylation sites (tertiary alicyclic amines) is 1. The number of hydrogen-bond donors (Lipinski definition) is 1. The van der Waals surface area contributed by atoms with E-state index in [2.05, 4.69) is 48.0 Å². The Kier molecular flexibility index (Phi) is 10.1. The van der Waals surface area contributed by atoms with Crippen LogP contribution in [0.2, 0.25) is 0 Å². The topological polar surface area (TPSA) is 39.2 Å². The predicted octanol–water partition coefficient (Wildman–Crippen LogP) is 2.69. The average Bonchev–Trinajstić information content (AvgIpc) is 2.88. The smallest absolute Gasteiger partial charge is 0.119 e. The molecule has 1 aliphatic heterocycles. The third-order valence-electron chi connectivity index (χ3n) is 5.11. The number of benzene rings is 1. The van der Waals surface area contributed by atoms with Gasteiger partial charge in [0.05, 0.1) is 0 Å². The van der Waals surface area contributed by atoms with Gasteiger partial charge >= 0.3 is 0 Å². The Bertz CT molecular complexity index is 516. The van der Waals surface area contributed by atoms with E-state index in [1.807, 2.05) is 12.1 Å². The summed E-state index contributed by atoms with van der Waals surface area (Å²) >= 11 is 0. The van der Waals surface area contributed by atoms with Gasteiger partial charge in [-0.25, -0.2) is 0 Å². The first-order chi connectivity index (χ1) is 13.0. The fourth-order valence-corrected chi connectivity index (χ4v) is 3.64. The van der Waals surface area contributed by atoms with Gasteiger partial charge in [0.15, 0.2) is 0 Å². The standard InChI is InChI=1S/C22H39N3O2/c1-23(2)12-9-13-24(3)17-20-10-8-11-22(16-20)27-19-21(26)18-25-14-6-4-5-7-15-25/h8,10-11,16,21,26H,4-7,9,12-15,17-19H2,1-3H3. The molecule has 1 fully saturated rings. The molecular weight excluding hydrogens is 338 g/mol. The highest BCUT2D eigenvalue weighted by Crippen LogP contribution is 2.16.